The average molecular weight is 342 g/mol. The van der Waals surface area contributed by atoms with Crippen LogP contribution >= 0.6 is 15.9 Å². The van der Waals surface area contributed by atoms with E-state index in [4.69, 9.17) is 0 Å². The van der Waals surface area contributed by atoms with Gasteiger partial charge in [-0.15, -0.1) is 0 Å². The minimum Gasteiger partial charge on any atom is -0.372 e. The van der Waals surface area contributed by atoms with Crippen LogP contribution in [0.2, 0.25) is 0 Å². The molecule has 0 fully saturated rings. The quantitative estimate of drug-likeness (QED) is 0.896. The number of halogens is 1. The third-order valence-electron chi connectivity index (χ3n) is 2.37. The molecule has 0 aliphatic carbocycles. The Balaban J connectivity index is 2.42. The Kier molecular flexibility index (Phi) is 4.06. The van der Waals surface area contributed by atoms with Gasteiger partial charge >= 0.3 is 0 Å². The van der Waals surface area contributed by atoms with E-state index in [1.165, 1.54) is 12.3 Å². The standard InChI is InChI=1S/C12H12BrN3O2S/c1-14-12-11(7-9(13)8-15-12)19(17,18)16-10-5-3-2-4-6-10/h2-8,16H,1H3,(H,14,15). The van der Waals surface area contributed by atoms with Crippen LogP contribution in [0, 0.1) is 0 Å². The zero-order valence-corrected chi connectivity index (χ0v) is 12.5. The van der Waals surface area contributed by atoms with Crippen LogP contribution in [0.5, 0.6) is 0 Å². The Morgan fingerprint density at radius 3 is 2.53 bits per heavy atom. The van der Waals surface area contributed by atoms with Crippen LogP contribution in [-0.4, -0.2) is 20.4 Å². The third kappa shape index (κ3) is 3.24. The first-order valence-electron chi connectivity index (χ1n) is 5.44. The molecule has 0 radical (unpaired) electrons. The number of benzene rings is 1. The molecule has 0 spiro atoms. The second-order valence-electron chi connectivity index (χ2n) is 3.72. The maximum Gasteiger partial charge on any atom is 0.265 e. The summed E-state index contributed by atoms with van der Waals surface area (Å²) in [6, 6.07) is 10.2. The van der Waals surface area contributed by atoms with Crippen molar-refractivity contribution in [3.8, 4) is 0 Å². The molecule has 0 saturated carbocycles. The average Bonchev–Trinajstić information content (AvgIpc) is 2.39. The summed E-state index contributed by atoms with van der Waals surface area (Å²) >= 11 is 3.22. The maximum absolute atomic E-state index is 12.3. The fourth-order valence-electron chi connectivity index (χ4n) is 1.53. The number of hydrogen-bond donors (Lipinski definition) is 2. The first-order chi connectivity index (χ1) is 9.03. The SMILES string of the molecule is CNc1ncc(Br)cc1S(=O)(=O)Nc1ccccc1. The van der Waals surface area contributed by atoms with Gasteiger partial charge in [0.25, 0.3) is 10.0 Å². The summed E-state index contributed by atoms with van der Waals surface area (Å²) in [5.41, 5.74) is 0.504. The second kappa shape index (κ2) is 5.58. The van der Waals surface area contributed by atoms with Crippen molar-refractivity contribution in [2.45, 2.75) is 4.90 Å². The van der Waals surface area contributed by atoms with Crippen molar-refractivity contribution in [3.63, 3.8) is 0 Å². The molecule has 1 aromatic heterocycles. The summed E-state index contributed by atoms with van der Waals surface area (Å²) in [4.78, 5) is 4.12. The highest BCUT2D eigenvalue weighted by Crippen LogP contribution is 2.24. The summed E-state index contributed by atoms with van der Waals surface area (Å²) in [5.74, 6) is 0.298. The number of para-hydroxylation sites is 1. The molecule has 0 aliphatic heterocycles. The van der Waals surface area contributed by atoms with Crippen LogP contribution in [0.1, 0.15) is 0 Å². The van der Waals surface area contributed by atoms with Crippen LogP contribution in [0.4, 0.5) is 11.5 Å². The van der Waals surface area contributed by atoms with Crippen molar-refractivity contribution in [3.05, 3.63) is 47.1 Å². The molecule has 0 saturated heterocycles. The minimum absolute atomic E-state index is 0.0910. The lowest BCUT2D eigenvalue weighted by Crippen LogP contribution is -2.15. The predicted octanol–water partition coefficient (Wildman–Crippen LogP) is 2.69. The topological polar surface area (TPSA) is 71.1 Å². The van der Waals surface area contributed by atoms with Gasteiger partial charge in [-0.3, -0.25) is 4.72 Å². The third-order valence-corrected chi connectivity index (χ3v) is 4.20. The number of rotatable bonds is 4. The van der Waals surface area contributed by atoms with E-state index in [1.54, 1.807) is 31.3 Å². The number of pyridine rings is 1. The Hall–Kier alpha value is -1.60. The van der Waals surface area contributed by atoms with Crippen molar-refractivity contribution >= 4 is 37.5 Å². The van der Waals surface area contributed by atoms with Crippen LogP contribution < -0.4 is 10.0 Å². The molecule has 0 bridgehead atoms. The van der Waals surface area contributed by atoms with E-state index in [0.717, 1.165) is 0 Å². The molecule has 2 N–H and O–H groups in total. The zero-order valence-electron chi connectivity index (χ0n) is 10.1. The normalized spacial score (nSPS) is 11.1. The molecule has 7 heteroatoms. The highest BCUT2D eigenvalue weighted by atomic mass is 79.9. The van der Waals surface area contributed by atoms with E-state index < -0.39 is 10.0 Å². The molecule has 1 heterocycles. The number of nitrogens with one attached hydrogen (secondary N) is 2. The lowest BCUT2D eigenvalue weighted by molar-refractivity contribution is 0.601. The van der Waals surface area contributed by atoms with Crippen LogP contribution in [-0.2, 0) is 10.0 Å². The van der Waals surface area contributed by atoms with E-state index in [9.17, 15) is 8.42 Å². The number of anilines is 2. The van der Waals surface area contributed by atoms with Gasteiger partial charge in [-0.25, -0.2) is 13.4 Å². The van der Waals surface area contributed by atoms with Gasteiger partial charge in [0.05, 0.1) is 0 Å². The molecule has 2 rings (SSSR count). The summed E-state index contributed by atoms with van der Waals surface area (Å²) in [6.07, 6.45) is 1.54. The van der Waals surface area contributed by atoms with E-state index >= 15 is 0 Å². The van der Waals surface area contributed by atoms with Gasteiger partial charge in [-0.05, 0) is 34.1 Å². The molecular formula is C12H12BrN3O2S. The molecule has 0 aliphatic rings. The van der Waals surface area contributed by atoms with E-state index in [1.807, 2.05) is 6.07 Å². The number of sulfonamides is 1. The van der Waals surface area contributed by atoms with Crippen LogP contribution in [0.15, 0.2) is 52.0 Å². The van der Waals surface area contributed by atoms with Gasteiger partial charge in [0.1, 0.15) is 10.7 Å². The van der Waals surface area contributed by atoms with Crippen LogP contribution in [0.25, 0.3) is 0 Å². The summed E-state index contributed by atoms with van der Waals surface area (Å²) in [5, 5.41) is 2.76. The highest BCUT2D eigenvalue weighted by Gasteiger charge is 2.19. The Labute approximate surface area is 120 Å². The van der Waals surface area contributed by atoms with Gasteiger partial charge in [0.2, 0.25) is 0 Å². The monoisotopic (exact) mass is 341 g/mol. The fourth-order valence-corrected chi connectivity index (χ4v) is 3.26. The highest BCUT2D eigenvalue weighted by molar-refractivity contribution is 9.10. The van der Waals surface area contributed by atoms with E-state index in [2.05, 4.69) is 31.0 Å². The van der Waals surface area contributed by atoms with Gasteiger partial charge in [-0.1, -0.05) is 18.2 Å². The smallest absolute Gasteiger partial charge is 0.265 e. The van der Waals surface area contributed by atoms with Crippen LogP contribution in [0.3, 0.4) is 0 Å². The van der Waals surface area contributed by atoms with Gasteiger partial charge in [-0.2, -0.15) is 0 Å². The molecule has 0 atom stereocenters. The van der Waals surface area contributed by atoms with E-state index in [-0.39, 0.29) is 4.90 Å². The van der Waals surface area contributed by atoms with Crippen molar-refractivity contribution < 1.29 is 8.42 Å². The van der Waals surface area contributed by atoms with Crippen molar-refractivity contribution in [2.24, 2.45) is 0 Å². The molecule has 100 valence electrons. The molecular weight excluding hydrogens is 330 g/mol. The largest absolute Gasteiger partial charge is 0.372 e. The van der Waals surface area contributed by atoms with E-state index in [0.29, 0.717) is 16.0 Å². The summed E-state index contributed by atoms with van der Waals surface area (Å²) in [6.45, 7) is 0. The Morgan fingerprint density at radius 1 is 1.21 bits per heavy atom. The number of hydrogen-bond acceptors (Lipinski definition) is 4. The first kappa shape index (κ1) is 13.8. The molecule has 0 unspecified atom stereocenters. The lowest BCUT2D eigenvalue weighted by Gasteiger charge is -2.11. The molecule has 0 amide bonds. The number of aromatic nitrogens is 1. The van der Waals surface area contributed by atoms with Crippen molar-refractivity contribution in [1.29, 1.82) is 0 Å². The molecule has 2 aromatic rings. The summed E-state index contributed by atoms with van der Waals surface area (Å²) < 4.78 is 27.7. The van der Waals surface area contributed by atoms with Gasteiger partial charge < -0.3 is 5.32 Å². The predicted molar refractivity (Wildman–Crippen MR) is 78.7 cm³/mol. The Bertz CT molecular complexity index is 675. The van der Waals surface area contributed by atoms with Crippen molar-refractivity contribution in [1.82, 2.24) is 4.98 Å². The molecule has 1 aromatic carbocycles. The van der Waals surface area contributed by atoms with Gasteiger partial charge in [0.15, 0.2) is 0 Å². The Morgan fingerprint density at radius 2 is 1.89 bits per heavy atom. The number of nitrogens with zero attached hydrogens (tertiary/aromatic N) is 1. The maximum atomic E-state index is 12.3. The van der Waals surface area contributed by atoms with Crippen molar-refractivity contribution in [2.75, 3.05) is 17.1 Å². The lowest BCUT2D eigenvalue weighted by atomic mass is 10.3. The minimum atomic E-state index is -3.68. The molecule has 5 nitrogen and oxygen atoms in total. The second-order valence-corrected chi connectivity index (χ2v) is 6.29. The van der Waals surface area contributed by atoms with Gasteiger partial charge in [0, 0.05) is 23.4 Å². The fraction of sp³-hybridized carbons (Fsp3) is 0.0833. The molecule has 19 heavy (non-hydrogen) atoms. The zero-order chi connectivity index (χ0) is 13.9. The first-order valence-corrected chi connectivity index (χ1v) is 7.72. The summed E-state index contributed by atoms with van der Waals surface area (Å²) in [7, 11) is -2.06.